The second-order valence-electron chi connectivity index (χ2n) is 8.42. The molecule has 2 heterocycles. The molecular formula is C25H28N2O3. The van der Waals surface area contributed by atoms with Crippen LogP contribution in [-0.2, 0) is 0 Å². The third-order valence-corrected chi connectivity index (χ3v) is 5.69. The Bertz CT molecular complexity index is 1110. The first-order chi connectivity index (χ1) is 14.5. The van der Waals surface area contributed by atoms with Crippen molar-refractivity contribution in [1.82, 2.24) is 9.80 Å². The van der Waals surface area contributed by atoms with Crippen LogP contribution in [0, 0.1) is 12.8 Å². The highest BCUT2D eigenvalue weighted by Crippen LogP contribution is 2.28. The summed E-state index contributed by atoms with van der Waals surface area (Å²) in [6.07, 6.45) is 0. The number of carbonyl (C=O) groups is 1. The zero-order chi connectivity index (χ0) is 21.3. The van der Waals surface area contributed by atoms with E-state index < -0.39 is 0 Å². The van der Waals surface area contributed by atoms with Crippen LogP contribution < -0.4 is 5.43 Å². The van der Waals surface area contributed by atoms with Gasteiger partial charge in [-0.2, -0.15) is 0 Å². The number of fused-ring (bicyclic) bond motifs is 1. The Balaban J connectivity index is 1.71. The number of nitrogens with zero attached hydrogens (tertiary/aromatic N) is 2. The summed E-state index contributed by atoms with van der Waals surface area (Å²) in [5, 5.41) is 0.455. The molecular weight excluding hydrogens is 376 g/mol. The van der Waals surface area contributed by atoms with Gasteiger partial charge in [0.2, 0.25) is 0 Å². The maximum Gasteiger partial charge on any atom is 0.257 e. The van der Waals surface area contributed by atoms with Crippen molar-refractivity contribution < 1.29 is 9.21 Å². The fourth-order valence-electron chi connectivity index (χ4n) is 4.16. The molecule has 0 spiro atoms. The van der Waals surface area contributed by atoms with Gasteiger partial charge >= 0.3 is 0 Å². The van der Waals surface area contributed by atoms with Crippen LogP contribution in [0.1, 0.15) is 29.8 Å². The quantitative estimate of drug-likeness (QED) is 0.655. The molecule has 5 heteroatoms. The summed E-state index contributed by atoms with van der Waals surface area (Å²) in [4.78, 5) is 30.6. The van der Waals surface area contributed by atoms with Gasteiger partial charge in [-0.25, -0.2) is 0 Å². The Morgan fingerprint density at radius 3 is 2.37 bits per heavy atom. The van der Waals surface area contributed by atoms with E-state index in [2.05, 4.69) is 18.7 Å². The number of hydrogen-bond donors (Lipinski definition) is 0. The molecule has 0 saturated carbocycles. The van der Waals surface area contributed by atoms with Gasteiger partial charge in [0.05, 0.1) is 10.9 Å². The van der Waals surface area contributed by atoms with Crippen LogP contribution in [0.25, 0.3) is 22.3 Å². The van der Waals surface area contributed by atoms with E-state index in [0.29, 0.717) is 46.9 Å². The number of piperazine rings is 1. The first-order valence-electron chi connectivity index (χ1n) is 10.6. The molecule has 156 valence electrons. The normalized spacial score (nSPS) is 15.1. The summed E-state index contributed by atoms with van der Waals surface area (Å²) >= 11 is 0. The monoisotopic (exact) mass is 404 g/mol. The molecule has 0 atom stereocenters. The van der Waals surface area contributed by atoms with Crippen molar-refractivity contribution in [3.05, 3.63) is 69.9 Å². The van der Waals surface area contributed by atoms with Crippen LogP contribution in [0.15, 0.2) is 57.7 Å². The smallest absolute Gasteiger partial charge is 0.257 e. The highest BCUT2D eigenvalue weighted by molar-refractivity contribution is 6.05. The summed E-state index contributed by atoms with van der Waals surface area (Å²) in [6, 6.07) is 14.8. The molecule has 3 aromatic rings. The molecule has 1 amide bonds. The first-order valence-corrected chi connectivity index (χ1v) is 10.6. The standard InChI is InChI=1S/C25H28N2O3/c1-17(2)16-26-12-14-27(15-13-26)25(29)21-11-7-10-20-22(28)18(3)23(30-24(20)21)19-8-5-4-6-9-19/h4-11,17H,12-16H2,1-3H3. The van der Waals surface area contributed by atoms with Gasteiger partial charge in [-0.05, 0) is 25.0 Å². The van der Waals surface area contributed by atoms with Gasteiger partial charge < -0.3 is 9.32 Å². The zero-order valence-electron chi connectivity index (χ0n) is 17.9. The minimum atomic E-state index is -0.0912. The molecule has 30 heavy (non-hydrogen) atoms. The number of hydrogen-bond acceptors (Lipinski definition) is 4. The van der Waals surface area contributed by atoms with Crippen LogP contribution in [0.3, 0.4) is 0 Å². The molecule has 0 N–H and O–H groups in total. The molecule has 0 unspecified atom stereocenters. The summed E-state index contributed by atoms with van der Waals surface area (Å²) in [5.41, 5.74) is 2.13. The Hall–Kier alpha value is -2.92. The molecule has 0 radical (unpaired) electrons. The second kappa shape index (κ2) is 8.44. The van der Waals surface area contributed by atoms with Gasteiger partial charge in [-0.15, -0.1) is 0 Å². The van der Waals surface area contributed by atoms with Crippen LogP contribution in [0.5, 0.6) is 0 Å². The Labute approximate surface area is 176 Å². The minimum absolute atomic E-state index is 0.0733. The fourth-order valence-corrected chi connectivity index (χ4v) is 4.16. The Kier molecular flexibility index (Phi) is 5.73. The number of rotatable bonds is 4. The van der Waals surface area contributed by atoms with E-state index in [1.165, 1.54) is 0 Å². The summed E-state index contributed by atoms with van der Waals surface area (Å²) in [5.74, 6) is 1.06. The van der Waals surface area contributed by atoms with Crippen LogP contribution in [-0.4, -0.2) is 48.4 Å². The van der Waals surface area contributed by atoms with Crippen molar-refractivity contribution in [2.75, 3.05) is 32.7 Å². The van der Waals surface area contributed by atoms with Crippen molar-refractivity contribution in [2.45, 2.75) is 20.8 Å². The lowest BCUT2D eigenvalue weighted by molar-refractivity contribution is 0.0624. The van der Waals surface area contributed by atoms with Gasteiger partial charge in [0.25, 0.3) is 5.91 Å². The van der Waals surface area contributed by atoms with Gasteiger partial charge in [0.15, 0.2) is 11.0 Å². The highest BCUT2D eigenvalue weighted by Gasteiger charge is 2.25. The van der Waals surface area contributed by atoms with E-state index in [-0.39, 0.29) is 11.3 Å². The molecule has 0 bridgehead atoms. The molecule has 1 aromatic heterocycles. The Morgan fingerprint density at radius 1 is 1.00 bits per heavy atom. The third-order valence-electron chi connectivity index (χ3n) is 5.69. The van der Waals surface area contributed by atoms with Gasteiger partial charge in [-0.1, -0.05) is 50.2 Å². The maximum atomic E-state index is 13.3. The van der Waals surface area contributed by atoms with E-state index in [0.717, 1.165) is 25.2 Å². The van der Waals surface area contributed by atoms with Crippen molar-refractivity contribution in [3.8, 4) is 11.3 Å². The van der Waals surface area contributed by atoms with Crippen molar-refractivity contribution >= 4 is 16.9 Å². The highest BCUT2D eigenvalue weighted by atomic mass is 16.3. The predicted octanol–water partition coefficient (Wildman–Crippen LogP) is 4.18. The number of para-hydroxylation sites is 1. The number of benzene rings is 2. The lowest BCUT2D eigenvalue weighted by atomic mass is 10.0. The fraction of sp³-hybridized carbons (Fsp3) is 0.360. The molecule has 1 aliphatic rings. The molecule has 2 aromatic carbocycles. The maximum absolute atomic E-state index is 13.3. The summed E-state index contributed by atoms with van der Waals surface area (Å²) in [6.45, 7) is 10.3. The molecule has 1 saturated heterocycles. The van der Waals surface area contributed by atoms with Gasteiger partial charge in [-0.3, -0.25) is 14.5 Å². The topological polar surface area (TPSA) is 53.8 Å². The molecule has 4 rings (SSSR count). The summed E-state index contributed by atoms with van der Waals surface area (Å²) < 4.78 is 6.22. The van der Waals surface area contributed by atoms with E-state index in [9.17, 15) is 9.59 Å². The van der Waals surface area contributed by atoms with Gasteiger partial charge in [0, 0.05) is 43.9 Å². The SMILES string of the molecule is Cc1c(-c2ccccc2)oc2c(C(=O)N3CCN(CC(C)C)CC3)cccc2c1=O. The lowest BCUT2D eigenvalue weighted by Gasteiger charge is -2.35. The van der Waals surface area contributed by atoms with Gasteiger partial charge in [0.1, 0.15) is 5.76 Å². The Morgan fingerprint density at radius 2 is 1.70 bits per heavy atom. The predicted molar refractivity (Wildman–Crippen MR) is 120 cm³/mol. The molecule has 1 fully saturated rings. The van der Waals surface area contributed by atoms with Crippen LogP contribution >= 0.6 is 0 Å². The average Bonchev–Trinajstić information content (AvgIpc) is 2.76. The van der Waals surface area contributed by atoms with E-state index in [4.69, 9.17) is 4.42 Å². The van der Waals surface area contributed by atoms with E-state index in [1.54, 1.807) is 25.1 Å². The largest absolute Gasteiger partial charge is 0.455 e. The van der Waals surface area contributed by atoms with E-state index >= 15 is 0 Å². The minimum Gasteiger partial charge on any atom is -0.455 e. The lowest BCUT2D eigenvalue weighted by Crippen LogP contribution is -2.49. The third kappa shape index (κ3) is 3.90. The number of amides is 1. The molecule has 1 aliphatic heterocycles. The molecule has 5 nitrogen and oxygen atoms in total. The average molecular weight is 405 g/mol. The zero-order valence-corrected chi connectivity index (χ0v) is 17.9. The second-order valence-corrected chi connectivity index (χ2v) is 8.42. The first kappa shape index (κ1) is 20.4. The van der Waals surface area contributed by atoms with Crippen molar-refractivity contribution in [3.63, 3.8) is 0 Å². The van der Waals surface area contributed by atoms with Crippen LogP contribution in [0.4, 0.5) is 0 Å². The number of carbonyl (C=O) groups excluding carboxylic acids is 1. The van der Waals surface area contributed by atoms with Crippen LogP contribution in [0.2, 0.25) is 0 Å². The van der Waals surface area contributed by atoms with Crippen molar-refractivity contribution in [2.24, 2.45) is 5.92 Å². The molecule has 0 aliphatic carbocycles. The summed E-state index contributed by atoms with van der Waals surface area (Å²) in [7, 11) is 0. The van der Waals surface area contributed by atoms with Crippen molar-refractivity contribution in [1.29, 1.82) is 0 Å². The van der Waals surface area contributed by atoms with E-state index in [1.807, 2.05) is 35.2 Å².